The standard InChI is InChI=1S/C44H90/c1-4-7-10-13-15-17-19-21-23-24-25-26-27-29-31-33-35-37-40-43-44(41-38-12-9-6-3)42-39-36-34-32-30-28-22-20-18-16-14-11-8-5-2/h44H,4-43H2,1-3H3. The van der Waals surface area contributed by atoms with Gasteiger partial charge in [0, 0.05) is 0 Å². The minimum absolute atomic E-state index is 1.04. The zero-order valence-corrected chi connectivity index (χ0v) is 31.9. The van der Waals surface area contributed by atoms with Crippen LogP contribution in [0.2, 0.25) is 0 Å². The van der Waals surface area contributed by atoms with Crippen LogP contribution in [0.25, 0.3) is 0 Å². The fourth-order valence-corrected chi connectivity index (χ4v) is 7.43. The first kappa shape index (κ1) is 44.0. The molecule has 0 aromatic carbocycles. The molecule has 0 aromatic rings. The van der Waals surface area contributed by atoms with E-state index in [1.165, 1.54) is 257 Å². The first-order chi connectivity index (χ1) is 21.8. The summed E-state index contributed by atoms with van der Waals surface area (Å²) in [6, 6.07) is 0. The molecule has 0 saturated heterocycles. The zero-order valence-electron chi connectivity index (χ0n) is 31.9. The highest BCUT2D eigenvalue weighted by Gasteiger charge is 2.09. The normalized spacial score (nSPS) is 12.3. The van der Waals surface area contributed by atoms with Crippen LogP contribution >= 0.6 is 0 Å². The predicted octanol–water partition coefficient (Wildman–Crippen LogP) is 17.3. The van der Waals surface area contributed by atoms with Gasteiger partial charge in [-0.15, -0.1) is 0 Å². The van der Waals surface area contributed by atoms with E-state index in [-0.39, 0.29) is 0 Å². The monoisotopic (exact) mass is 619 g/mol. The third-order valence-corrected chi connectivity index (χ3v) is 10.6. The highest BCUT2D eigenvalue weighted by molar-refractivity contribution is 4.62. The second kappa shape index (κ2) is 41.0. The molecule has 0 aliphatic rings. The molecule has 0 aromatic heterocycles. The van der Waals surface area contributed by atoms with Crippen molar-refractivity contribution < 1.29 is 0 Å². The first-order valence-corrected chi connectivity index (χ1v) is 21.8. The Balaban J connectivity index is 3.57. The molecular weight excluding hydrogens is 528 g/mol. The summed E-state index contributed by atoms with van der Waals surface area (Å²) in [5.41, 5.74) is 0. The summed E-state index contributed by atoms with van der Waals surface area (Å²) in [5.74, 6) is 1.04. The third kappa shape index (κ3) is 38.2. The van der Waals surface area contributed by atoms with Crippen molar-refractivity contribution in [3.05, 3.63) is 0 Å². The van der Waals surface area contributed by atoms with Gasteiger partial charge in [0.25, 0.3) is 0 Å². The van der Waals surface area contributed by atoms with Gasteiger partial charge in [-0.25, -0.2) is 0 Å². The summed E-state index contributed by atoms with van der Waals surface area (Å²) < 4.78 is 0. The zero-order chi connectivity index (χ0) is 31.9. The second-order valence-electron chi connectivity index (χ2n) is 15.3. The highest BCUT2D eigenvalue weighted by atomic mass is 14.1. The molecule has 0 fully saturated rings. The van der Waals surface area contributed by atoms with E-state index in [2.05, 4.69) is 20.8 Å². The SMILES string of the molecule is CCCCCCCCCCCCCCCCCCCCCC(CCCCCC)CCCCCCCCCCCCCCCC. The molecule has 0 rings (SSSR count). The Morgan fingerprint density at radius 1 is 0.182 bits per heavy atom. The van der Waals surface area contributed by atoms with Crippen molar-refractivity contribution in [2.24, 2.45) is 5.92 Å². The van der Waals surface area contributed by atoms with Crippen LogP contribution in [0.5, 0.6) is 0 Å². The molecule has 0 spiro atoms. The maximum absolute atomic E-state index is 2.35. The van der Waals surface area contributed by atoms with E-state index in [4.69, 9.17) is 0 Å². The Morgan fingerprint density at radius 3 is 0.500 bits per heavy atom. The lowest BCUT2D eigenvalue weighted by Crippen LogP contribution is -2.01. The van der Waals surface area contributed by atoms with Crippen LogP contribution in [-0.4, -0.2) is 0 Å². The molecule has 44 heavy (non-hydrogen) atoms. The molecule has 266 valence electrons. The van der Waals surface area contributed by atoms with Crippen molar-refractivity contribution in [3.8, 4) is 0 Å². The number of hydrogen-bond acceptors (Lipinski definition) is 0. The average Bonchev–Trinajstić information content (AvgIpc) is 3.03. The number of hydrogen-bond donors (Lipinski definition) is 0. The van der Waals surface area contributed by atoms with E-state index < -0.39 is 0 Å². The van der Waals surface area contributed by atoms with Crippen LogP contribution in [0, 0.1) is 5.92 Å². The van der Waals surface area contributed by atoms with E-state index in [0.717, 1.165) is 5.92 Å². The van der Waals surface area contributed by atoms with Gasteiger partial charge in [-0.05, 0) is 5.92 Å². The summed E-state index contributed by atoms with van der Waals surface area (Å²) in [6.07, 6.45) is 59.3. The maximum Gasteiger partial charge on any atom is -0.0414 e. The van der Waals surface area contributed by atoms with Gasteiger partial charge in [-0.3, -0.25) is 0 Å². The average molecular weight is 619 g/mol. The summed E-state index contributed by atoms with van der Waals surface area (Å²) in [4.78, 5) is 0. The molecule has 0 N–H and O–H groups in total. The highest BCUT2D eigenvalue weighted by Crippen LogP contribution is 2.25. The number of unbranched alkanes of at least 4 members (excludes halogenated alkanes) is 34. The van der Waals surface area contributed by atoms with Gasteiger partial charge in [0.15, 0.2) is 0 Å². The van der Waals surface area contributed by atoms with Crippen LogP contribution in [0.3, 0.4) is 0 Å². The summed E-state index contributed by atoms with van der Waals surface area (Å²) >= 11 is 0. The molecule has 0 bridgehead atoms. The molecule has 0 nitrogen and oxygen atoms in total. The van der Waals surface area contributed by atoms with Crippen molar-refractivity contribution in [1.29, 1.82) is 0 Å². The molecule has 0 saturated carbocycles. The molecule has 0 radical (unpaired) electrons. The molecule has 1 unspecified atom stereocenters. The Kier molecular flexibility index (Phi) is 41.0. The largest absolute Gasteiger partial charge is 0.0654 e. The van der Waals surface area contributed by atoms with Crippen LogP contribution in [0.15, 0.2) is 0 Å². The van der Waals surface area contributed by atoms with E-state index >= 15 is 0 Å². The van der Waals surface area contributed by atoms with Gasteiger partial charge < -0.3 is 0 Å². The lowest BCUT2D eigenvalue weighted by atomic mass is 9.89. The van der Waals surface area contributed by atoms with E-state index in [0.29, 0.717) is 0 Å². The molecule has 1 atom stereocenters. The van der Waals surface area contributed by atoms with Crippen LogP contribution in [0.1, 0.15) is 278 Å². The molecular formula is C44H90. The Bertz CT molecular complexity index is 467. The molecule has 0 heterocycles. The van der Waals surface area contributed by atoms with Crippen LogP contribution in [0.4, 0.5) is 0 Å². The maximum atomic E-state index is 2.35. The fraction of sp³-hybridized carbons (Fsp3) is 1.00. The molecule has 0 aliphatic carbocycles. The van der Waals surface area contributed by atoms with Crippen molar-refractivity contribution in [2.75, 3.05) is 0 Å². The number of rotatable bonds is 40. The lowest BCUT2D eigenvalue weighted by Gasteiger charge is -2.17. The van der Waals surface area contributed by atoms with Gasteiger partial charge >= 0.3 is 0 Å². The van der Waals surface area contributed by atoms with Gasteiger partial charge in [-0.1, -0.05) is 278 Å². The minimum atomic E-state index is 1.04. The van der Waals surface area contributed by atoms with Gasteiger partial charge in [0.1, 0.15) is 0 Å². The smallest absolute Gasteiger partial charge is 0.0414 e. The Hall–Kier alpha value is 0. The van der Waals surface area contributed by atoms with Gasteiger partial charge in [0.2, 0.25) is 0 Å². The topological polar surface area (TPSA) is 0 Å². The quantitative estimate of drug-likeness (QED) is 0.0599. The summed E-state index contributed by atoms with van der Waals surface area (Å²) in [7, 11) is 0. The van der Waals surface area contributed by atoms with Gasteiger partial charge in [-0.2, -0.15) is 0 Å². The lowest BCUT2D eigenvalue weighted by molar-refractivity contribution is 0.366. The minimum Gasteiger partial charge on any atom is -0.0654 e. The predicted molar refractivity (Wildman–Crippen MR) is 205 cm³/mol. The second-order valence-corrected chi connectivity index (χ2v) is 15.3. The summed E-state index contributed by atoms with van der Waals surface area (Å²) in [5, 5.41) is 0. The summed E-state index contributed by atoms with van der Waals surface area (Å²) in [6.45, 7) is 6.98. The van der Waals surface area contributed by atoms with Crippen molar-refractivity contribution in [3.63, 3.8) is 0 Å². The Morgan fingerprint density at radius 2 is 0.318 bits per heavy atom. The third-order valence-electron chi connectivity index (χ3n) is 10.6. The molecule has 0 amide bonds. The molecule has 0 heteroatoms. The van der Waals surface area contributed by atoms with E-state index in [9.17, 15) is 0 Å². The van der Waals surface area contributed by atoms with Crippen LogP contribution in [-0.2, 0) is 0 Å². The van der Waals surface area contributed by atoms with E-state index in [1.807, 2.05) is 0 Å². The van der Waals surface area contributed by atoms with Crippen molar-refractivity contribution in [1.82, 2.24) is 0 Å². The van der Waals surface area contributed by atoms with Crippen molar-refractivity contribution in [2.45, 2.75) is 278 Å². The van der Waals surface area contributed by atoms with Crippen molar-refractivity contribution >= 4 is 0 Å². The van der Waals surface area contributed by atoms with Gasteiger partial charge in [0.05, 0.1) is 0 Å². The van der Waals surface area contributed by atoms with E-state index in [1.54, 1.807) is 0 Å². The fourth-order valence-electron chi connectivity index (χ4n) is 7.43. The first-order valence-electron chi connectivity index (χ1n) is 21.8. The van der Waals surface area contributed by atoms with Crippen LogP contribution < -0.4 is 0 Å². The molecule has 0 aliphatic heterocycles. The Labute approximate surface area is 282 Å².